The molecule has 0 bridgehead atoms. The molecule has 2 aliphatic rings. The first-order valence-electron chi connectivity index (χ1n) is 8.96. The molecule has 7 heteroatoms. The SMILES string of the molecule is CC(C)(C)OC(=O)N1CC(F)C(C2CCCCC2)C1(C#N)C(=O)CN. The molecule has 3 atom stereocenters. The summed E-state index contributed by atoms with van der Waals surface area (Å²) in [5, 5.41) is 9.91. The Morgan fingerprint density at radius 1 is 1.32 bits per heavy atom. The highest BCUT2D eigenvalue weighted by atomic mass is 19.1. The number of alkyl halides is 1. The fourth-order valence-corrected chi connectivity index (χ4v) is 4.23. The number of ether oxygens (including phenoxy) is 1. The van der Waals surface area contributed by atoms with Gasteiger partial charge in [-0.25, -0.2) is 9.18 Å². The van der Waals surface area contributed by atoms with Gasteiger partial charge in [0.1, 0.15) is 11.8 Å². The Hall–Kier alpha value is -1.68. The number of Topliss-reactive ketones (excluding diaryl/α,β-unsaturated/α-hetero) is 1. The summed E-state index contributed by atoms with van der Waals surface area (Å²) in [5.74, 6) is -1.57. The maximum atomic E-state index is 15.0. The van der Waals surface area contributed by atoms with E-state index >= 15 is 4.39 Å². The van der Waals surface area contributed by atoms with E-state index in [1.807, 2.05) is 6.07 Å². The van der Waals surface area contributed by atoms with Crippen molar-refractivity contribution in [1.29, 1.82) is 5.26 Å². The molecule has 1 aliphatic carbocycles. The van der Waals surface area contributed by atoms with E-state index in [1.165, 1.54) is 0 Å². The van der Waals surface area contributed by atoms with E-state index in [1.54, 1.807) is 20.8 Å². The summed E-state index contributed by atoms with van der Waals surface area (Å²) in [6.07, 6.45) is 2.20. The number of halogens is 1. The summed E-state index contributed by atoms with van der Waals surface area (Å²) in [7, 11) is 0. The van der Waals surface area contributed by atoms with Crippen LogP contribution in [0.1, 0.15) is 52.9 Å². The van der Waals surface area contributed by atoms with Crippen LogP contribution in [0.5, 0.6) is 0 Å². The highest BCUT2D eigenvalue weighted by molar-refractivity contribution is 5.97. The molecule has 0 spiro atoms. The molecular weight excluding hydrogens is 325 g/mol. The minimum Gasteiger partial charge on any atom is -0.444 e. The van der Waals surface area contributed by atoms with Crippen LogP contribution in [0.4, 0.5) is 9.18 Å². The predicted molar refractivity (Wildman–Crippen MR) is 90.3 cm³/mol. The normalized spacial score (nSPS) is 30.8. The van der Waals surface area contributed by atoms with Gasteiger partial charge in [-0.1, -0.05) is 19.3 Å². The number of nitrogens with zero attached hydrogens (tertiary/aromatic N) is 2. The summed E-state index contributed by atoms with van der Waals surface area (Å²) in [4.78, 5) is 26.3. The van der Waals surface area contributed by atoms with Crippen molar-refractivity contribution >= 4 is 11.9 Å². The number of ketones is 1. The van der Waals surface area contributed by atoms with Crippen molar-refractivity contribution in [2.24, 2.45) is 17.6 Å². The Kier molecular flexibility index (Phi) is 5.72. The van der Waals surface area contributed by atoms with Gasteiger partial charge in [-0.05, 0) is 39.5 Å². The zero-order valence-corrected chi connectivity index (χ0v) is 15.3. The summed E-state index contributed by atoms with van der Waals surface area (Å²) in [6.45, 7) is 4.33. The quantitative estimate of drug-likeness (QED) is 0.841. The van der Waals surface area contributed by atoms with Crippen LogP contribution >= 0.6 is 0 Å². The summed E-state index contributed by atoms with van der Waals surface area (Å²) >= 11 is 0. The second-order valence-electron chi connectivity index (χ2n) is 8.04. The number of nitrogens with two attached hydrogens (primary N) is 1. The van der Waals surface area contributed by atoms with Gasteiger partial charge >= 0.3 is 6.09 Å². The first-order valence-corrected chi connectivity index (χ1v) is 8.96. The van der Waals surface area contributed by atoms with Crippen molar-refractivity contribution < 1.29 is 18.7 Å². The monoisotopic (exact) mass is 353 g/mol. The minimum absolute atomic E-state index is 0.105. The van der Waals surface area contributed by atoms with Crippen LogP contribution in [0, 0.1) is 23.2 Å². The third kappa shape index (κ3) is 3.64. The zero-order chi connectivity index (χ0) is 18.8. The van der Waals surface area contributed by atoms with Crippen molar-refractivity contribution in [2.45, 2.75) is 70.2 Å². The molecule has 1 heterocycles. The Bertz CT molecular complexity index is 563. The fourth-order valence-electron chi connectivity index (χ4n) is 4.23. The van der Waals surface area contributed by atoms with Crippen molar-refractivity contribution in [2.75, 3.05) is 13.1 Å². The number of likely N-dealkylation sites (tertiary alicyclic amines) is 1. The summed E-state index contributed by atoms with van der Waals surface area (Å²) in [6, 6.07) is 1.98. The van der Waals surface area contributed by atoms with Gasteiger partial charge in [0.05, 0.1) is 19.2 Å². The molecule has 6 nitrogen and oxygen atoms in total. The van der Waals surface area contributed by atoms with Crippen LogP contribution in [0.25, 0.3) is 0 Å². The topological polar surface area (TPSA) is 96.4 Å². The van der Waals surface area contributed by atoms with Crippen molar-refractivity contribution in [1.82, 2.24) is 4.90 Å². The number of carbonyl (C=O) groups is 2. The van der Waals surface area contributed by atoms with Gasteiger partial charge in [0.15, 0.2) is 11.3 Å². The number of carbonyl (C=O) groups excluding carboxylic acids is 2. The maximum Gasteiger partial charge on any atom is 0.412 e. The van der Waals surface area contributed by atoms with Crippen LogP contribution in [0.3, 0.4) is 0 Å². The summed E-state index contributed by atoms with van der Waals surface area (Å²) < 4.78 is 20.3. The highest BCUT2D eigenvalue weighted by Crippen LogP contribution is 2.47. The highest BCUT2D eigenvalue weighted by Gasteiger charge is 2.63. The molecule has 140 valence electrons. The van der Waals surface area contributed by atoms with Crippen LogP contribution in [-0.4, -0.2) is 47.2 Å². The standard InChI is InChI=1S/C18H28FN3O3/c1-17(2,3)25-16(24)22-10-13(19)15(12-7-5-4-6-8-12)18(22,11-21)14(23)9-20/h12-13,15H,4-10,20H2,1-3H3. The molecular formula is C18H28FN3O3. The number of amides is 1. The lowest BCUT2D eigenvalue weighted by Gasteiger charge is -2.39. The van der Waals surface area contributed by atoms with Gasteiger partial charge in [0, 0.05) is 5.92 Å². The van der Waals surface area contributed by atoms with Crippen molar-refractivity contribution in [3.05, 3.63) is 0 Å². The number of nitriles is 1. The first kappa shape index (κ1) is 19.6. The van der Waals surface area contributed by atoms with E-state index in [9.17, 15) is 14.9 Å². The van der Waals surface area contributed by atoms with Crippen LogP contribution in [-0.2, 0) is 9.53 Å². The van der Waals surface area contributed by atoms with E-state index in [2.05, 4.69) is 0 Å². The van der Waals surface area contributed by atoms with E-state index in [-0.39, 0.29) is 12.5 Å². The molecule has 1 aliphatic heterocycles. The molecule has 1 amide bonds. The average Bonchev–Trinajstić information content (AvgIpc) is 2.87. The molecule has 0 aromatic rings. The fraction of sp³-hybridized carbons (Fsp3) is 0.833. The third-order valence-corrected chi connectivity index (χ3v) is 5.21. The van der Waals surface area contributed by atoms with Crippen LogP contribution in [0.15, 0.2) is 0 Å². The van der Waals surface area contributed by atoms with E-state index < -0.39 is 41.7 Å². The van der Waals surface area contributed by atoms with E-state index in [4.69, 9.17) is 10.5 Å². The second-order valence-corrected chi connectivity index (χ2v) is 8.04. The van der Waals surface area contributed by atoms with Crippen LogP contribution in [0.2, 0.25) is 0 Å². The number of hydrogen-bond donors (Lipinski definition) is 1. The predicted octanol–water partition coefficient (Wildman–Crippen LogP) is 2.56. The van der Waals surface area contributed by atoms with E-state index in [0.717, 1.165) is 37.0 Å². The third-order valence-electron chi connectivity index (χ3n) is 5.21. The Labute approximate surface area is 148 Å². The molecule has 0 aromatic heterocycles. The minimum atomic E-state index is -1.88. The summed E-state index contributed by atoms with van der Waals surface area (Å²) in [5.41, 5.74) is 2.85. The second kappa shape index (κ2) is 7.28. The molecule has 25 heavy (non-hydrogen) atoms. The van der Waals surface area contributed by atoms with Gasteiger partial charge in [-0.15, -0.1) is 0 Å². The molecule has 2 N–H and O–H groups in total. The number of hydrogen-bond acceptors (Lipinski definition) is 5. The maximum absolute atomic E-state index is 15.0. The lowest BCUT2D eigenvalue weighted by atomic mass is 9.69. The Morgan fingerprint density at radius 3 is 2.40 bits per heavy atom. The molecule has 2 rings (SSSR count). The lowest BCUT2D eigenvalue weighted by molar-refractivity contribution is -0.128. The molecule has 1 saturated heterocycles. The lowest BCUT2D eigenvalue weighted by Crippen LogP contribution is -2.59. The molecule has 2 fully saturated rings. The van der Waals surface area contributed by atoms with Gasteiger partial charge < -0.3 is 10.5 Å². The Balaban J connectivity index is 2.44. The van der Waals surface area contributed by atoms with Gasteiger partial charge in [-0.3, -0.25) is 9.69 Å². The Morgan fingerprint density at radius 2 is 1.92 bits per heavy atom. The molecule has 0 aromatic carbocycles. The van der Waals surface area contributed by atoms with Gasteiger partial charge in [0.25, 0.3) is 0 Å². The van der Waals surface area contributed by atoms with E-state index in [0.29, 0.717) is 0 Å². The molecule has 0 radical (unpaired) electrons. The molecule has 3 unspecified atom stereocenters. The van der Waals surface area contributed by atoms with Gasteiger partial charge in [0.2, 0.25) is 0 Å². The van der Waals surface area contributed by atoms with Crippen LogP contribution < -0.4 is 5.73 Å². The van der Waals surface area contributed by atoms with Crippen molar-refractivity contribution in [3.8, 4) is 6.07 Å². The molecule has 1 saturated carbocycles. The average molecular weight is 353 g/mol. The zero-order valence-electron chi connectivity index (χ0n) is 15.3. The van der Waals surface area contributed by atoms with Gasteiger partial charge in [-0.2, -0.15) is 5.26 Å². The van der Waals surface area contributed by atoms with Crippen molar-refractivity contribution in [3.63, 3.8) is 0 Å². The first-order chi connectivity index (χ1) is 11.7. The largest absolute Gasteiger partial charge is 0.444 e. The number of rotatable bonds is 3. The smallest absolute Gasteiger partial charge is 0.412 e.